The van der Waals surface area contributed by atoms with Crippen molar-refractivity contribution in [3.63, 3.8) is 0 Å². The van der Waals surface area contributed by atoms with Crippen LogP contribution in [0.1, 0.15) is 18.1 Å². The number of carbonyl (C=O) groups is 1. The minimum atomic E-state index is -0.434. The van der Waals surface area contributed by atoms with E-state index in [1.807, 2.05) is 49.4 Å². The Hall–Kier alpha value is -3.65. The molecule has 3 aromatic rings. The smallest absolute Gasteiger partial charge is 0.269 e. The van der Waals surface area contributed by atoms with Gasteiger partial charge in [0.15, 0.2) is 0 Å². The van der Waals surface area contributed by atoms with Crippen LogP contribution in [0.2, 0.25) is 0 Å². The summed E-state index contributed by atoms with van der Waals surface area (Å²) in [5.41, 5.74) is 4.25. The summed E-state index contributed by atoms with van der Waals surface area (Å²) in [4.78, 5) is 23.4. The van der Waals surface area contributed by atoms with Gasteiger partial charge in [0.05, 0.1) is 16.4 Å². The van der Waals surface area contributed by atoms with Gasteiger partial charge in [-0.2, -0.15) is 5.10 Å². The van der Waals surface area contributed by atoms with E-state index in [0.29, 0.717) is 12.4 Å². The van der Waals surface area contributed by atoms with Crippen molar-refractivity contribution in [1.29, 1.82) is 0 Å². The Morgan fingerprint density at radius 3 is 2.42 bits per heavy atom. The Morgan fingerprint density at radius 1 is 1.10 bits per heavy atom. The van der Waals surface area contributed by atoms with E-state index in [9.17, 15) is 14.9 Å². The van der Waals surface area contributed by atoms with Crippen LogP contribution < -0.4 is 10.2 Å². The molecule has 0 spiro atoms. The maximum Gasteiger partial charge on any atom is 0.269 e. The lowest BCUT2D eigenvalue weighted by atomic mass is 10.2. The molecule has 0 fully saturated rings. The van der Waals surface area contributed by atoms with E-state index in [2.05, 4.69) is 10.5 Å². The third kappa shape index (κ3) is 6.97. The molecule has 8 heteroatoms. The average Bonchev–Trinajstić information content (AvgIpc) is 2.79. The first-order valence-electron chi connectivity index (χ1n) is 9.52. The summed E-state index contributed by atoms with van der Waals surface area (Å²) in [6.07, 6.45) is 1.57. The third-order valence-electron chi connectivity index (χ3n) is 4.25. The number of rotatable bonds is 9. The molecular weight excluding hydrogens is 414 g/mol. The summed E-state index contributed by atoms with van der Waals surface area (Å²) in [5, 5.41) is 14.4. The summed E-state index contributed by atoms with van der Waals surface area (Å²) >= 11 is 1.47. The fourth-order valence-corrected chi connectivity index (χ4v) is 3.43. The first kappa shape index (κ1) is 22.0. The number of nitro benzene ring substituents is 1. The van der Waals surface area contributed by atoms with Crippen LogP contribution in [0.25, 0.3) is 0 Å². The maximum atomic E-state index is 12.2. The van der Waals surface area contributed by atoms with Crippen LogP contribution in [0.4, 0.5) is 5.69 Å². The fourth-order valence-electron chi connectivity index (χ4n) is 2.55. The molecule has 3 rings (SSSR count). The van der Waals surface area contributed by atoms with Crippen LogP contribution >= 0.6 is 11.8 Å². The topological polar surface area (TPSA) is 93.8 Å². The summed E-state index contributed by atoms with van der Waals surface area (Å²) in [6.45, 7) is 2.14. The number of nitrogens with zero attached hydrogens (tertiary/aromatic N) is 2. The molecule has 1 N–H and O–H groups in total. The van der Waals surface area contributed by atoms with Gasteiger partial charge in [0.1, 0.15) is 12.4 Å². The molecule has 158 valence electrons. The Labute approximate surface area is 184 Å². The Kier molecular flexibility index (Phi) is 7.78. The summed E-state index contributed by atoms with van der Waals surface area (Å²) < 4.78 is 5.69. The van der Waals surface area contributed by atoms with E-state index in [0.717, 1.165) is 16.0 Å². The Morgan fingerprint density at radius 2 is 1.77 bits per heavy atom. The van der Waals surface area contributed by atoms with Gasteiger partial charge in [-0.05, 0) is 66.6 Å². The summed E-state index contributed by atoms with van der Waals surface area (Å²) in [6, 6.07) is 23.2. The average molecular weight is 436 g/mol. The van der Waals surface area contributed by atoms with E-state index < -0.39 is 4.92 Å². The van der Waals surface area contributed by atoms with Crippen LogP contribution in [0, 0.1) is 10.1 Å². The first-order chi connectivity index (χ1) is 15.0. The highest BCUT2D eigenvalue weighted by Gasteiger charge is 2.13. The minimum absolute atomic E-state index is 0.0486. The lowest BCUT2D eigenvalue weighted by molar-refractivity contribution is -0.384. The van der Waals surface area contributed by atoms with Crippen molar-refractivity contribution in [2.75, 3.05) is 0 Å². The highest BCUT2D eigenvalue weighted by molar-refractivity contribution is 8.00. The molecule has 31 heavy (non-hydrogen) atoms. The van der Waals surface area contributed by atoms with Crippen LogP contribution in [0.5, 0.6) is 5.75 Å². The van der Waals surface area contributed by atoms with Crippen molar-refractivity contribution in [3.05, 3.63) is 100 Å². The molecule has 7 nitrogen and oxygen atoms in total. The highest BCUT2D eigenvalue weighted by Crippen LogP contribution is 2.22. The quantitative estimate of drug-likeness (QED) is 0.225. The second-order valence-corrected chi connectivity index (χ2v) is 8.00. The number of ether oxygens (including phenoxy) is 1. The number of amides is 1. The van der Waals surface area contributed by atoms with E-state index in [1.54, 1.807) is 30.5 Å². The molecule has 0 radical (unpaired) electrons. The number of benzene rings is 3. The highest BCUT2D eigenvalue weighted by atomic mass is 32.2. The van der Waals surface area contributed by atoms with Crippen LogP contribution in [-0.2, 0) is 11.4 Å². The molecule has 0 bridgehead atoms. The second-order valence-electron chi connectivity index (χ2n) is 6.59. The van der Waals surface area contributed by atoms with Gasteiger partial charge in [-0.15, -0.1) is 11.8 Å². The number of nitrogens with one attached hydrogen (secondary N) is 1. The Balaban J connectivity index is 1.45. The van der Waals surface area contributed by atoms with Gasteiger partial charge in [-0.25, -0.2) is 5.43 Å². The molecule has 0 aliphatic heterocycles. The van der Waals surface area contributed by atoms with Crippen molar-refractivity contribution in [2.45, 2.75) is 23.7 Å². The normalized spacial score (nSPS) is 11.8. The predicted octanol–water partition coefficient (Wildman–Crippen LogP) is 4.80. The van der Waals surface area contributed by atoms with E-state index >= 15 is 0 Å². The van der Waals surface area contributed by atoms with E-state index in [-0.39, 0.29) is 16.8 Å². The third-order valence-corrected chi connectivity index (χ3v) is 5.36. The van der Waals surface area contributed by atoms with Crippen LogP contribution in [-0.4, -0.2) is 22.3 Å². The number of thioether (sulfide) groups is 1. The van der Waals surface area contributed by atoms with Crippen molar-refractivity contribution in [3.8, 4) is 5.75 Å². The first-order valence-corrected chi connectivity index (χ1v) is 10.4. The minimum Gasteiger partial charge on any atom is -0.489 e. The van der Waals surface area contributed by atoms with Gasteiger partial charge >= 0.3 is 0 Å². The van der Waals surface area contributed by atoms with E-state index in [4.69, 9.17) is 4.74 Å². The zero-order valence-electron chi connectivity index (χ0n) is 16.8. The number of hydrogen-bond donors (Lipinski definition) is 1. The zero-order chi connectivity index (χ0) is 22.1. The Bertz CT molecular complexity index is 1040. The molecule has 0 heterocycles. The van der Waals surface area contributed by atoms with E-state index in [1.165, 1.54) is 23.9 Å². The van der Waals surface area contributed by atoms with Crippen LogP contribution in [0.3, 0.4) is 0 Å². The molecule has 0 aliphatic rings. The van der Waals surface area contributed by atoms with Crippen molar-refractivity contribution >= 4 is 29.6 Å². The fraction of sp³-hybridized carbons (Fsp3) is 0.130. The van der Waals surface area contributed by atoms with Crippen LogP contribution in [0.15, 0.2) is 88.9 Å². The molecule has 0 aliphatic carbocycles. The zero-order valence-corrected chi connectivity index (χ0v) is 17.6. The number of carbonyl (C=O) groups excluding carboxylic acids is 1. The molecule has 3 aromatic carbocycles. The SMILES string of the molecule is CC(Sc1ccccc1)C(=O)N/N=C/c1ccc(OCc2ccc([N+](=O)[O-])cc2)cc1. The lowest BCUT2D eigenvalue weighted by Gasteiger charge is -2.09. The van der Waals surface area contributed by atoms with Crippen molar-refractivity contribution in [2.24, 2.45) is 5.10 Å². The van der Waals surface area contributed by atoms with Gasteiger partial charge in [0.2, 0.25) is 0 Å². The van der Waals surface area contributed by atoms with Gasteiger partial charge in [0, 0.05) is 17.0 Å². The number of nitro groups is 1. The number of hydrazone groups is 1. The van der Waals surface area contributed by atoms with Crippen molar-refractivity contribution < 1.29 is 14.5 Å². The molecule has 0 aromatic heterocycles. The number of non-ortho nitro benzene ring substituents is 1. The second kappa shape index (κ2) is 10.9. The van der Waals surface area contributed by atoms with Gasteiger partial charge in [0.25, 0.3) is 11.6 Å². The predicted molar refractivity (Wildman–Crippen MR) is 121 cm³/mol. The summed E-state index contributed by atoms with van der Waals surface area (Å²) in [7, 11) is 0. The summed E-state index contributed by atoms with van der Waals surface area (Å²) in [5.74, 6) is 0.487. The van der Waals surface area contributed by atoms with Gasteiger partial charge < -0.3 is 4.74 Å². The standard InChI is InChI=1S/C23H21N3O4S/c1-17(31-22-5-3-2-4-6-22)23(27)25-24-15-18-9-13-21(14-10-18)30-16-19-7-11-20(12-8-19)26(28)29/h2-15,17H,16H2,1H3,(H,25,27)/b24-15+. The monoisotopic (exact) mass is 435 g/mol. The molecular formula is C23H21N3O4S. The van der Waals surface area contributed by atoms with Crippen molar-refractivity contribution in [1.82, 2.24) is 5.43 Å². The maximum absolute atomic E-state index is 12.2. The lowest BCUT2D eigenvalue weighted by Crippen LogP contribution is -2.26. The molecule has 0 saturated heterocycles. The molecule has 1 unspecified atom stereocenters. The molecule has 1 amide bonds. The molecule has 1 atom stereocenters. The number of hydrogen-bond acceptors (Lipinski definition) is 6. The molecule has 0 saturated carbocycles. The largest absolute Gasteiger partial charge is 0.489 e. The van der Waals surface area contributed by atoms with Gasteiger partial charge in [-0.3, -0.25) is 14.9 Å². The van der Waals surface area contributed by atoms with Gasteiger partial charge in [-0.1, -0.05) is 18.2 Å².